The predicted molar refractivity (Wildman–Crippen MR) is 94.7 cm³/mol. The first kappa shape index (κ1) is 15.8. The van der Waals surface area contributed by atoms with Crippen LogP contribution in [0.4, 0.5) is 0 Å². The number of fused-ring (bicyclic) bond motifs is 1. The maximum absolute atomic E-state index is 12.4. The van der Waals surface area contributed by atoms with E-state index < -0.39 is 0 Å². The van der Waals surface area contributed by atoms with Crippen LogP contribution in [0.5, 0.6) is 0 Å². The van der Waals surface area contributed by atoms with Gasteiger partial charge in [0.2, 0.25) is 5.91 Å². The average Bonchev–Trinajstić information content (AvgIpc) is 3.28. The van der Waals surface area contributed by atoms with Crippen LogP contribution in [0, 0.1) is 5.92 Å². The molecular formula is C18H24N4OS. The summed E-state index contributed by atoms with van der Waals surface area (Å²) in [7, 11) is 0. The summed E-state index contributed by atoms with van der Waals surface area (Å²) < 4.78 is 0. The molecule has 0 bridgehead atoms. The number of carbonyl (C=O) groups excluding carboxylic acids is 1. The predicted octanol–water partition coefficient (Wildman–Crippen LogP) is 2.53. The van der Waals surface area contributed by atoms with E-state index in [-0.39, 0.29) is 0 Å². The van der Waals surface area contributed by atoms with E-state index in [1.165, 1.54) is 5.56 Å². The lowest BCUT2D eigenvalue weighted by atomic mass is 9.83. The van der Waals surface area contributed by atoms with E-state index in [1.54, 1.807) is 17.7 Å². The number of imidazole rings is 1. The number of carbonyl (C=O) groups is 1. The topological polar surface area (TPSA) is 52.2 Å². The Labute approximate surface area is 146 Å². The van der Waals surface area contributed by atoms with Crippen molar-refractivity contribution >= 4 is 17.2 Å². The third-order valence-electron chi connectivity index (χ3n) is 5.39. The monoisotopic (exact) mass is 344 g/mol. The lowest BCUT2D eigenvalue weighted by Crippen LogP contribution is -2.56. The van der Waals surface area contributed by atoms with E-state index in [4.69, 9.17) is 0 Å². The van der Waals surface area contributed by atoms with Crippen molar-refractivity contribution in [3.05, 3.63) is 40.6 Å². The first-order valence-corrected chi connectivity index (χ1v) is 9.74. The Morgan fingerprint density at radius 1 is 1.38 bits per heavy atom. The van der Waals surface area contributed by atoms with Gasteiger partial charge < -0.3 is 9.88 Å². The van der Waals surface area contributed by atoms with Crippen molar-refractivity contribution in [1.82, 2.24) is 19.8 Å². The summed E-state index contributed by atoms with van der Waals surface area (Å²) in [5, 5.41) is 4.39. The Morgan fingerprint density at radius 3 is 3.12 bits per heavy atom. The van der Waals surface area contributed by atoms with Gasteiger partial charge in [-0.3, -0.25) is 9.69 Å². The van der Waals surface area contributed by atoms with Crippen LogP contribution < -0.4 is 0 Å². The van der Waals surface area contributed by atoms with E-state index >= 15 is 0 Å². The molecule has 2 atom stereocenters. The van der Waals surface area contributed by atoms with Crippen molar-refractivity contribution in [2.24, 2.45) is 5.92 Å². The first-order chi connectivity index (χ1) is 11.8. The number of thiophene rings is 1. The molecule has 0 unspecified atom stereocenters. The molecule has 4 heterocycles. The van der Waals surface area contributed by atoms with Gasteiger partial charge in [0.25, 0.3) is 0 Å². The van der Waals surface area contributed by atoms with Gasteiger partial charge in [-0.15, -0.1) is 0 Å². The molecule has 1 N–H and O–H groups in total. The Kier molecular flexibility index (Phi) is 4.67. The number of hydrogen-bond acceptors (Lipinski definition) is 4. The van der Waals surface area contributed by atoms with Crippen LogP contribution in [0.15, 0.2) is 29.4 Å². The average molecular weight is 344 g/mol. The zero-order valence-corrected chi connectivity index (χ0v) is 14.7. The number of H-pyrrole nitrogens is 1. The van der Waals surface area contributed by atoms with Gasteiger partial charge in [-0.2, -0.15) is 11.3 Å². The minimum atomic E-state index is 0.335. The number of aromatic nitrogens is 2. The molecule has 2 aromatic heterocycles. The number of piperidine rings is 2. The number of rotatable bonds is 5. The van der Waals surface area contributed by atoms with Gasteiger partial charge in [0.15, 0.2) is 0 Å². The zero-order chi connectivity index (χ0) is 16.4. The molecule has 4 rings (SSSR count). The summed E-state index contributed by atoms with van der Waals surface area (Å²) in [5.41, 5.74) is 2.53. The second-order valence-corrected chi connectivity index (χ2v) is 7.72. The van der Waals surface area contributed by atoms with Gasteiger partial charge in [-0.25, -0.2) is 4.98 Å². The SMILES string of the molecule is O=C1CC[C@H]2CN(Cc3ccsc3)CC[C@H]2N1CCc1cnc[nH]1. The van der Waals surface area contributed by atoms with Crippen LogP contribution in [-0.2, 0) is 17.8 Å². The number of amides is 1. The number of nitrogens with one attached hydrogen (secondary N) is 1. The Hall–Kier alpha value is -1.66. The molecule has 2 fully saturated rings. The number of likely N-dealkylation sites (tertiary alicyclic amines) is 2. The van der Waals surface area contributed by atoms with Crippen LogP contribution in [0.25, 0.3) is 0 Å². The molecule has 0 aromatic carbocycles. The molecule has 0 radical (unpaired) electrons. The smallest absolute Gasteiger partial charge is 0.222 e. The lowest BCUT2D eigenvalue weighted by molar-refractivity contribution is -0.141. The van der Waals surface area contributed by atoms with E-state index in [2.05, 4.69) is 36.6 Å². The van der Waals surface area contributed by atoms with Crippen LogP contribution in [0.3, 0.4) is 0 Å². The highest BCUT2D eigenvalue weighted by Crippen LogP contribution is 2.32. The number of nitrogens with zero attached hydrogens (tertiary/aromatic N) is 3. The second-order valence-electron chi connectivity index (χ2n) is 6.94. The normalized spacial score (nSPS) is 25.0. The van der Waals surface area contributed by atoms with Crippen molar-refractivity contribution < 1.29 is 4.79 Å². The lowest BCUT2D eigenvalue weighted by Gasteiger charge is -2.47. The molecule has 2 saturated heterocycles. The minimum absolute atomic E-state index is 0.335. The largest absolute Gasteiger partial charge is 0.348 e. The molecule has 2 aromatic rings. The summed E-state index contributed by atoms with van der Waals surface area (Å²) >= 11 is 1.77. The maximum Gasteiger partial charge on any atom is 0.222 e. The summed E-state index contributed by atoms with van der Waals surface area (Å²) in [4.78, 5) is 24.4. The molecule has 1 amide bonds. The van der Waals surface area contributed by atoms with Crippen molar-refractivity contribution in [2.45, 2.75) is 38.3 Å². The van der Waals surface area contributed by atoms with Gasteiger partial charge in [0, 0.05) is 57.0 Å². The summed E-state index contributed by atoms with van der Waals surface area (Å²) in [6.45, 7) is 4.07. The molecule has 2 aliphatic heterocycles. The molecule has 5 nitrogen and oxygen atoms in total. The molecule has 0 saturated carbocycles. The fourth-order valence-electron chi connectivity index (χ4n) is 4.16. The molecule has 0 aliphatic carbocycles. The summed E-state index contributed by atoms with van der Waals surface area (Å²) in [6, 6.07) is 2.64. The molecule has 6 heteroatoms. The van der Waals surface area contributed by atoms with Crippen LogP contribution in [-0.4, -0.2) is 51.4 Å². The van der Waals surface area contributed by atoms with Gasteiger partial charge in [0.1, 0.15) is 0 Å². The fraction of sp³-hybridized carbons (Fsp3) is 0.556. The minimum Gasteiger partial charge on any atom is -0.348 e. The zero-order valence-electron chi connectivity index (χ0n) is 13.9. The highest BCUT2D eigenvalue weighted by atomic mass is 32.1. The summed E-state index contributed by atoms with van der Waals surface area (Å²) in [5.74, 6) is 0.957. The van der Waals surface area contributed by atoms with E-state index in [0.717, 1.165) is 51.1 Å². The van der Waals surface area contributed by atoms with Gasteiger partial charge in [0.05, 0.1) is 6.33 Å². The Morgan fingerprint density at radius 2 is 2.33 bits per heavy atom. The van der Waals surface area contributed by atoms with Crippen LogP contribution in [0.2, 0.25) is 0 Å². The number of aromatic amines is 1. The molecule has 2 aliphatic rings. The molecular weight excluding hydrogens is 320 g/mol. The quantitative estimate of drug-likeness (QED) is 0.907. The fourth-order valence-corrected chi connectivity index (χ4v) is 4.82. The molecule has 24 heavy (non-hydrogen) atoms. The van der Waals surface area contributed by atoms with Crippen molar-refractivity contribution in [1.29, 1.82) is 0 Å². The van der Waals surface area contributed by atoms with Crippen LogP contribution in [0.1, 0.15) is 30.5 Å². The molecule has 128 valence electrons. The Balaban J connectivity index is 1.37. The first-order valence-electron chi connectivity index (χ1n) is 8.80. The van der Waals surface area contributed by atoms with E-state index in [0.29, 0.717) is 24.3 Å². The van der Waals surface area contributed by atoms with Crippen LogP contribution >= 0.6 is 11.3 Å². The standard InChI is InChI=1S/C18H24N4OS/c23-18-2-1-15-11-21(10-14-5-8-24-12-14)6-4-17(15)22(18)7-3-16-9-19-13-20-16/h5,8-9,12-13,15,17H,1-4,6-7,10-11H2,(H,19,20)/t15-,17+/m0/s1. The Bertz CT molecular complexity index is 655. The number of hydrogen-bond donors (Lipinski definition) is 1. The van der Waals surface area contributed by atoms with Gasteiger partial charge >= 0.3 is 0 Å². The maximum atomic E-state index is 12.4. The van der Waals surface area contributed by atoms with Crippen molar-refractivity contribution in [3.8, 4) is 0 Å². The third kappa shape index (κ3) is 3.39. The van der Waals surface area contributed by atoms with Gasteiger partial charge in [-0.05, 0) is 41.1 Å². The second kappa shape index (κ2) is 7.07. The highest BCUT2D eigenvalue weighted by Gasteiger charge is 2.38. The van der Waals surface area contributed by atoms with Crippen molar-refractivity contribution in [2.75, 3.05) is 19.6 Å². The summed E-state index contributed by atoms with van der Waals surface area (Å²) in [6.07, 6.45) is 7.28. The van der Waals surface area contributed by atoms with E-state index in [1.807, 2.05) is 6.20 Å². The van der Waals surface area contributed by atoms with Crippen molar-refractivity contribution in [3.63, 3.8) is 0 Å². The highest BCUT2D eigenvalue weighted by molar-refractivity contribution is 7.07. The van der Waals surface area contributed by atoms with E-state index in [9.17, 15) is 4.79 Å². The third-order valence-corrected chi connectivity index (χ3v) is 6.12. The molecule has 0 spiro atoms. The van der Waals surface area contributed by atoms with Gasteiger partial charge in [-0.1, -0.05) is 0 Å².